The second-order valence-corrected chi connectivity index (χ2v) is 3.79. The van der Waals surface area contributed by atoms with Gasteiger partial charge in [0, 0.05) is 17.8 Å². The van der Waals surface area contributed by atoms with Gasteiger partial charge in [-0.25, -0.2) is 4.39 Å². The highest BCUT2D eigenvalue weighted by Gasteiger charge is 2.15. The maximum absolute atomic E-state index is 13.5. The topological polar surface area (TPSA) is 48.4 Å². The zero-order valence-corrected chi connectivity index (χ0v) is 10.5. The molecule has 0 radical (unpaired) electrons. The number of benzene rings is 1. The Kier molecular flexibility index (Phi) is 3.75. The first-order chi connectivity index (χ1) is 9.15. The average Bonchev–Trinajstić information content (AvgIpc) is 2.46. The molecule has 0 saturated carbocycles. The van der Waals surface area contributed by atoms with Crippen LogP contribution in [0.25, 0.3) is 0 Å². The summed E-state index contributed by atoms with van der Waals surface area (Å²) in [6, 6.07) is 6.04. The number of hydrogen-bond donors (Lipinski definition) is 0. The van der Waals surface area contributed by atoms with E-state index in [1.54, 1.807) is 6.07 Å². The molecule has 0 aliphatic rings. The highest BCUT2D eigenvalue weighted by atomic mass is 19.1. The number of pyridine rings is 1. The van der Waals surface area contributed by atoms with Crippen LogP contribution < -0.4 is 9.47 Å². The molecule has 0 aliphatic carbocycles. The average molecular weight is 261 g/mol. The third-order valence-corrected chi connectivity index (χ3v) is 2.63. The Bertz CT molecular complexity index is 591. The molecule has 0 aliphatic heterocycles. The molecule has 0 amide bonds. The number of halogens is 1. The van der Waals surface area contributed by atoms with Crippen molar-refractivity contribution in [2.45, 2.75) is 0 Å². The van der Waals surface area contributed by atoms with Crippen molar-refractivity contribution in [2.75, 3.05) is 14.2 Å². The molecule has 2 rings (SSSR count). The predicted octanol–water partition coefficient (Wildman–Crippen LogP) is 2.47. The molecular formula is C14H12FNO3. The summed E-state index contributed by atoms with van der Waals surface area (Å²) < 4.78 is 23.7. The number of ether oxygens (including phenoxy) is 2. The van der Waals surface area contributed by atoms with Gasteiger partial charge in [0.1, 0.15) is 11.5 Å². The van der Waals surface area contributed by atoms with Gasteiger partial charge in [-0.3, -0.25) is 9.78 Å². The summed E-state index contributed by atoms with van der Waals surface area (Å²) in [6.07, 6.45) is 2.37. The Morgan fingerprint density at radius 2 is 1.79 bits per heavy atom. The molecule has 98 valence electrons. The monoisotopic (exact) mass is 261 g/mol. The highest BCUT2D eigenvalue weighted by Crippen LogP contribution is 2.24. The summed E-state index contributed by atoms with van der Waals surface area (Å²) >= 11 is 0. The number of hydrogen-bond acceptors (Lipinski definition) is 4. The lowest BCUT2D eigenvalue weighted by Crippen LogP contribution is -2.05. The van der Waals surface area contributed by atoms with Crippen molar-refractivity contribution in [3.8, 4) is 11.5 Å². The van der Waals surface area contributed by atoms with E-state index >= 15 is 0 Å². The zero-order valence-electron chi connectivity index (χ0n) is 10.5. The van der Waals surface area contributed by atoms with E-state index in [2.05, 4.69) is 4.98 Å². The molecule has 0 N–H and O–H groups in total. The molecule has 1 heterocycles. The minimum Gasteiger partial charge on any atom is -0.497 e. The third kappa shape index (κ3) is 2.70. The minimum atomic E-state index is -0.658. The van der Waals surface area contributed by atoms with Crippen molar-refractivity contribution >= 4 is 5.78 Å². The van der Waals surface area contributed by atoms with Crippen molar-refractivity contribution in [3.05, 3.63) is 53.6 Å². The van der Waals surface area contributed by atoms with Crippen LogP contribution in [-0.2, 0) is 0 Å². The number of carbonyl (C=O) groups is 1. The van der Waals surface area contributed by atoms with Crippen molar-refractivity contribution < 1.29 is 18.7 Å². The molecule has 0 bridgehead atoms. The first-order valence-electron chi connectivity index (χ1n) is 5.53. The molecule has 4 nitrogen and oxygen atoms in total. The lowest BCUT2D eigenvalue weighted by Gasteiger charge is -2.08. The number of rotatable bonds is 4. The minimum absolute atomic E-state index is 0.0368. The Morgan fingerprint density at radius 3 is 2.32 bits per heavy atom. The molecule has 0 saturated heterocycles. The fourth-order valence-electron chi connectivity index (χ4n) is 1.65. The van der Waals surface area contributed by atoms with Gasteiger partial charge in [0.05, 0.1) is 26.0 Å². The van der Waals surface area contributed by atoms with Gasteiger partial charge in [-0.05, 0) is 18.2 Å². The summed E-state index contributed by atoms with van der Waals surface area (Å²) in [5.41, 5.74) is 0.256. The summed E-state index contributed by atoms with van der Waals surface area (Å²) in [4.78, 5) is 15.8. The van der Waals surface area contributed by atoms with Gasteiger partial charge in [0.15, 0.2) is 11.6 Å². The van der Waals surface area contributed by atoms with Crippen LogP contribution in [0.4, 0.5) is 4.39 Å². The van der Waals surface area contributed by atoms with Crippen LogP contribution in [0.2, 0.25) is 0 Å². The summed E-state index contributed by atoms with van der Waals surface area (Å²) in [7, 11) is 2.96. The van der Waals surface area contributed by atoms with E-state index in [0.29, 0.717) is 17.1 Å². The standard InChI is InChI=1S/C14H12FNO3/c1-18-10-5-9(6-11(7-10)19-2)14(17)12-3-4-16-8-13(12)15/h3-8H,1-2H3. The number of aromatic nitrogens is 1. The van der Waals surface area contributed by atoms with Gasteiger partial charge in [-0.2, -0.15) is 0 Å². The first-order valence-corrected chi connectivity index (χ1v) is 5.53. The van der Waals surface area contributed by atoms with Crippen LogP contribution in [0.15, 0.2) is 36.7 Å². The molecule has 19 heavy (non-hydrogen) atoms. The second-order valence-electron chi connectivity index (χ2n) is 3.79. The molecule has 0 atom stereocenters. The van der Waals surface area contributed by atoms with Gasteiger partial charge >= 0.3 is 0 Å². The lowest BCUT2D eigenvalue weighted by molar-refractivity contribution is 0.103. The molecular weight excluding hydrogens is 249 g/mol. The third-order valence-electron chi connectivity index (χ3n) is 2.63. The van der Waals surface area contributed by atoms with E-state index in [1.165, 1.54) is 38.6 Å². The van der Waals surface area contributed by atoms with E-state index in [9.17, 15) is 9.18 Å². The van der Waals surface area contributed by atoms with E-state index < -0.39 is 11.6 Å². The lowest BCUT2D eigenvalue weighted by atomic mass is 10.0. The van der Waals surface area contributed by atoms with Crippen LogP contribution in [0.1, 0.15) is 15.9 Å². The quantitative estimate of drug-likeness (QED) is 0.793. The Balaban J connectivity index is 2.47. The largest absolute Gasteiger partial charge is 0.497 e. The molecule has 0 spiro atoms. The van der Waals surface area contributed by atoms with Gasteiger partial charge in [-0.15, -0.1) is 0 Å². The smallest absolute Gasteiger partial charge is 0.196 e. The van der Waals surface area contributed by atoms with Crippen LogP contribution in [0.5, 0.6) is 11.5 Å². The summed E-state index contributed by atoms with van der Waals surface area (Å²) in [5, 5.41) is 0. The predicted molar refractivity (Wildman–Crippen MR) is 67.2 cm³/mol. The molecule has 1 aromatic carbocycles. The number of carbonyl (C=O) groups excluding carboxylic acids is 1. The van der Waals surface area contributed by atoms with E-state index in [0.717, 1.165) is 6.20 Å². The number of nitrogens with zero attached hydrogens (tertiary/aromatic N) is 1. The summed E-state index contributed by atoms with van der Waals surface area (Å²) in [5.74, 6) is -0.166. The second kappa shape index (κ2) is 5.48. The van der Waals surface area contributed by atoms with Crippen LogP contribution in [0, 0.1) is 5.82 Å². The van der Waals surface area contributed by atoms with Crippen molar-refractivity contribution in [2.24, 2.45) is 0 Å². The Labute approximate surface area is 109 Å². The maximum Gasteiger partial charge on any atom is 0.196 e. The van der Waals surface area contributed by atoms with Gasteiger partial charge in [0.2, 0.25) is 0 Å². The van der Waals surface area contributed by atoms with E-state index in [-0.39, 0.29) is 5.56 Å². The Morgan fingerprint density at radius 1 is 1.16 bits per heavy atom. The van der Waals surface area contributed by atoms with Crippen LogP contribution >= 0.6 is 0 Å². The van der Waals surface area contributed by atoms with Crippen molar-refractivity contribution in [3.63, 3.8) is 0 Å². The first kappa shape index (κ1) is 13.0. The number of methoxy groups -OCH3 is 2. The molecule has 5 heteroatoms. The number of ketones is 1. The van der Waals surface area contributed by atoms with Crippen molar-refractivity contribution in [1.82, 2.24) is 4.98 Å². The molecule has 0 unspecified atom stereocenters. The SMILES string of the molecule is COc1cc(OC)cc(C(=O)c2ccncc2F)c1. The van der Waals surface area contributed by atoms with Gasteiger partial charge in [-0.1, -0.05) is 0 Å². The van der Waals surface area contributed by atoms with E-state index in [1.807, 2.05) is 0 Å². The zero-order chi connectivity index (χ0) is 13.8. The molecule has 0 fully saturated rings. The fraction of sp³-hybridized carbons (Fsp3) is 0.143. The maximum atomic E-state index is 13.5. The van der Waals surface area contributed by atoms with Crippen LogP contribution in [-0.4, -0.2) is 25.0 Å². The van der Waals surface area contributed by atoms with Gasteiger partial charge in [0.25, 0.3) is 0 Å². The molecule has 2 aromatic rings. The summed E-state index contributed by atoms with van der Waals surface area (Å²) in [6.45, 7) is 0. The Hall–Kier alpha value is -2.43. The van der Waals surface area contributed by atoms with Crippen molar-refractivity contribution in [1.29, 1.82) is 0 Å². The van der Waals surface area contributed by atoms with Crippen LogP contribution in [0.3, 0.4) is 0 Å². The normalized spacial score (nSPS) is 10.1. The molecule has 1 aromatic heterocycles. The highest BCUT2D eigenvalue weighted by molar-refractivity contribution is 6.09. The van der Waals surface area contributed by atoms with Gasteiger partial charge < -0.3 is 9.47 Å². The van der Waals surface area contributed by atoms with E-state index in [4.69, 9.17) is 9.47 Å². The fourth-order valence-corrected chi connectivity index (χ4v) is 1.65.